The second-order valence-electron chi connectivity index (χ2n) is 4.29. The molecular formula is C12H14F3NO2. The van der Waals surface area contributed by atoms with Crippen LogP contribution in [0.4, 0.5) is 18.9 Å². The summed E-state index contributed by atoms with van der Waals surface area (Å²) in [6, 6.07) is 3.12. The molecule has 1 aliphatic rings. The van der Waals surface area contributed by atoms with Gasteiger partial charge in [-0.05, 0) is 24.6 Å². The molecule has 1 heterocycles. The number of rotatable bonds is 3. The topological polar surface area (TPSA) is 44.5 Å². The zero-order valence-corrected chi connectivity index (χ0v) is 9.67. The molecule has 1 aliphatic heterocycles. The van der Waals surface area contributed by atoms with Crippen LogP contribution in [0.15, 0.2) is 18.2 Å². The van der Waals surface area contributed by atoms with Crippen molar-refractivity contribution >= 4 is 5.69 Å². The number of benzene rings is 1. The predicted molar refractivity (Wildman–Crippen MR) is 60.3 cm³/mol. The predicted octanol–water partition coefficient (Wildman–Crippen LogP) is 2.70. The van der Waals surface area contributed by atoms with Gasteiger partial charge in [0.15, 0.2) is 0 Å². The van der Waals surface area contributed by atoms with E-state index in [9.17, 15) is 13.2 Å². The molecule has 1 aromatic carbocycles. The Hall–Kier alpha value is -1.43. The van der Waals surface area contributed by atoms with Gasteiger partial charge in [-0.3, -0.25) is 0 Å². The van der Waals surface area contributed by atoms with Crippen LogP contribution in [0.5, 0.6) is 5.75 Å². The molecule has 0 aliphatic carbocycles. The minimum atomic E-state index is -4.38. The van der Waals surface area contributed by atoms with E-state index in [1.807, 2.05) is 0 Å². The van der Waals surface area contributed by atoms with Crippen molar-refractivity contribution in [1.82, 2.24) is 0 Å². The first kappa shape index (κ1) is 13.0. The second kappa shape index (κ2) is 5.06. The third-order valence-corrected chi connectivity index (χ3v) is 2.84. The Morgan fingerprint density at radius 2 is 2.17 bits per heavy atom. The third kappa shape index (κ3) is 3.07. The summed E-state index contributed by atoms with van der Waals surface area (Å²) in [5, 5.41) is 0. The molecule has 0 bridgehead atoms. The Morgan fingerprint density at radius 3 is 2.72 bits per heavy atom. The summed E-state index contributed by atoms with van der Waals surface area (Å²) in [5.41, 5.74) is 4.78. The Balaban J connectivity index is 2.01. The molecule has 0 saturated carbocycles. The van der Waals surface area contributed by atoms with E-state index in [0.717, 1.165) is 18.6 Å². The molecule has 0 aromatic heterocycles. The normalized spacial score (nSPS) is 20.1. The fourth-order valence-corrected chi connectivity index (χ4v) is 1.78. The molecule has 3 nitrogen and oxygen atoms in total. The zero-order chi connectivity index (χ0) is 13.2. The smallest absolute Gasteiger partial charge is 0.416 e. The van der Waals surface area contributed by atoms with Crippen LogP contribution < -0.4 is 10.5 Å². The first-order valence-corrected chi connectivity index (χ1v) is 5.64. The molecule has 1 atom stereocenters. The maximum atomic E-state index is 12.4. The van der Waals surface area contributed by atoms with Gasteiger partial charge in [-0.1, -0.05) is 0 Å². The number of nitrogens with two attached hydrogens (primary N) is 1. The Labute approximate surface area is 103 Å². The molecule has 6 heteroatoms. The molecule has 2 rings (SSSR count). The van der Waals surface area contributed by atoms with E-state index in [2.05, 4.69) is 0 Å². The molecule has 0 radical (unpaired) electrons. The molecule has 18 heavy (non-hydrogen) atoms. The van der Waals surface area contributed by atoms with Crippen LogP contribution in [-0.2, 0) is 10.9 Å². The molecule has 1 saturated heterocycles. The van der Waals surface area contributed by atoms with Crippen molar-refractivity contribution in [3.05, 3.63) is 23.8 Å². The first-order chi connectivity index (χ1) is 8.47. The fourth-order valence-electron chi connectivity index (χ4n) is 1.78. The van der Waals surface area contributed by atoms with Crippen molar-refractivity contribution in [2.45, 2.75) is 12.6 Å². The van der Waals surface area contributed by atoms with E-state index in [4.69, 9.17) is 15.2 Å². The molecule has 100 valence electrons. The van der Waals surface area contributed by atoms with Gasteiger partial charge in [0.25, 0.3) is 0 Å². The van der Waals surface area contributed by atoms with Gasteiger partial charge in [0.1, 0.15) is 5.75 Å². The highest BCUT2D eigenvalue weighted by atomic mass is 19.4. The van der Waals surface area contributed by atoms with Gasteiger partial charge < -0.3 is 15.2 Å². The number of alkyl halides is 3. The van der Waals surface area contributed by atoms with Gasteiger partial charge >= 0.3 is 6.18 Å². The van der Waals surface area contributed by atoms with E-state index in [1.165, 1.54) is 6.07 Å². The Bertz CT molecular complexity index is 414. The molecule has 1 aromatic rings. The molecule has 1 unspecified atom stereocenters. The van der Waals surface area contributed by atoms with Crippen molar-refractivity contribution in [3.8, 4) is 5.75 Å². The largest absolute Gasteiger partial charge is 0.491 e. The second-order valence-corrected chi connectivity index (χ2v) is 4.29. The minimum absolute atomic E-state index is 0.00346. The molecule has 1 fully saturated rings. The number of nitrogen functional groups attached to an aromatic ring is 1. The Kier molecular flexibility index (Phi) is 3.65. The van der Waals surface area contributed by atoms with Gasteiger partial charge in [-0.15, -0.1) is 0 Å². The summed E-state index contributed by atoms with van der Waals surface area (Å²) in [5.74, 6) is 0.571. The van der Waals surface area contributed by atoms with Crippen LogP contribution in [0.25, 0.3) is 0 Å². The van der Waals surface area contributed by atoms with Crippen molar-refractivity contribution in [2.75, 3.05) is 25.6 Å². The lowest BCUT2D eigenvalue weighted by Gasteiger charge is -2.14. The fraction of sp³-hybridized carbons (Fsp3) is 0.500. The summed E-state index contributed by atoms with van der Waals surface area (Å²) in [6.45, 7) is 1.74. The summed E-state index contributed by atoms with van der Waals surface area (Å²) in [7, 11) is 0. The number of hydrogen-bond acceptors (Lipinski definition) is 3. The van der Waals surface area contributed by atoms with Crippen molar-refractivity contribution in [1.29, 1.82) is 0 Å². The lowest BCUT2D eigenvalue weighted by atomic mass is 10.1. The number of halogens is 3. The highest BCUT2D eigenvalue weighted by Crippen LogP contribution is 2.33. The van der Waals surface area contributed by atoms with Crippen molar-refractivity contribution < 1.29 is 22.6 Å². The monoisotopic (exact) mass is 261 g/mol. The maximum Gasteiger partial charge on any atom is 0.416 e. The van der Waals surface area contributed by atoms with Gasteiger partial charge in [0, 0.05) is 12.5 Å². The first-order valence-electron chi connectivity index (χ1n) is 5.64. The van der Waals surface area contributed by atoms with Crippen LogP contribution in [0, 0.1) is 5.92 Å². The van der Waals surface area contributed by atoms with Gasteiger partial charge in [-0.2, -0.15) is 13.2 Å². The van der Waals surface area contributed by atoms with E-state index in [1.54, 1.807) is 0 Å². The lowest BCUT2D eigenvalue weighted by Crippen LogP contribution is -2.13. The van der Waals surface area contributed by atoms with Crippen molar-refractivity contribution in [3.63, 3.8) is 0 Å². The van der Waals surface area contributed by atoms with Gasteiger partial charge in [-0.25, -0.2) is 0 Å². The van der Waals surface area contributed by atoms with Crippen LogP contribution in [0.2, 0.25) is 0 Å². The summed E-state index contributed by atoms with van der Waals surface area (Å²) >= 11 is 0. The third-order valence-electron chi connectivity index (χ3n) is 2.84. The minimum Gasteiger partial charge on any atom is -0.491 e. The summed E-state index contributed by atoms with van der Waals surface area (Å²) < 4.78 is 47.9. The highest BCUT2D eigenvalue weighted by Gasteiger charge is 2.31. The molecule has 0 amide bonds. The van der Waals surface area contributed by atoms with E-state index in [-0.39, 0.29) is 17.4 Å². The SMILES string of the molecule is Nc1cc(C(F)(F)F)ccc1OCC1CCOC1. The van der Waals surface area contributed by atoms with Crippen LogP contribution in [0.1, 0.15) is 12.0 Å². The number of hydrogen-bond donors (Lipinski definition) is 1. The number of ether oxygens (including phenoxy) is 2. The highest BCUT2D eigenvalue weighted by molar-refractivity contribution is 5.54. The van der Waals surface area contributed by atoms with Gasteiger partial charge in [0.2, 0.25) is 0 Å². The molecule has 0 spiro atoms. The van der Waals surface area contributed by atoms with Gasteiger partial charge in [0.05, 0.1) is 24.5 Å². The maximum absolute atomic E-state index is 12.4. The summed E-state index contributed by atoms with van der Waals surface area (Å²) in [6.07, 6.45) is -3.48. The molecule has 2 N–H and O–H groups in total. The van der Waals surface area contributed by atoms with E-state index in [0.29, 0.717) is 19.8 Å². The Morgan fingerprint density at radius 1 is 1.39 bits per heavy atom. The standard InChI is InChI=1S/C12H14F3NO2/c13-12(14,15)9-1-2-11(10(16)5-9)18-7-8-3-4-17-6-8/h1-2,5,8H,3-4,6-7,16H2. The average Bonchev–Trinajstić information content (AvgIpc) is 2.79. The molecular weight excluding hydrogens is 247 g/mol. The summed E-state index contributed by atoms with van der Waals surface area (Å²) in [4.78, 5) is 0. The lowest BCUT2D eigenvalue weighted by molar-refractivity contribution is -0.137. The number of anilines is 1. The quantitative estimate of drug-likeness (QED) is 0.851. The van der Waals surface area contributed by atoms with Crippen LogP contribution >= 0.6 is 0 Å². The van der Waals surface area contributed by atoms with Crippen LogP contribution in [0.3, 0.4) is 0 Å². The average molecular weight is 261 g/mol. The van der Waals surface area contributed by atoms with Crippen LogP contribution in [-0.4, -0.2) is 19.8 Å². The van der Waals surface area contributed by atoms with E-state index < -0.39 is 11.7 Å². The van der Waals surface area contributed by atoms with E-state index >= 15 is 0 Å². The van der Waals surface area contributed by atoms with Crippen molar-refractivity contribution in [2.24, 2.45) is 5.92 Å². The zero-order valence-electron chi connectivity index (χ0n) is 9.67.